The molecular formula is C16H25N2O6P. The van der Waals surface area contributed by atoms with E-state index in [0.717, 1.165) is 0 Å². The average Bonchev–Trinajstić information content (AvgIpc) is 2.98. The lowest BCUT2D eigenvalue weighted by molar-refractivity contribution is -0.155. The molecule has 1 heterocycles. The smallest absolute Gasteiger partial charge is 0.350 e. The predicted molar refractivity (Wildman–Crippen MR) is 93.5 cm³/mol. The molecule has 0 aliphatic carbocycles. The Morgan fingerprint density at radius 2 is 2.04 bits per heavy atom. The minimum Gasteiger partial charge on any atom is -0.497 e. The van der Waals surface area contributed by atoms with Gasteiger partial charge in [-0.1, -0.05) is 6.07 Å². The molecular weight excluding hydrogens is 347 g/mol. The Labute approximate surface area is 147 Å². The highest BCUT2D eigenvalue weighted by Gasteiger charge is 2.48. The molecule has 1 fully saturated rings. The van der Waals surface area contributed by atoms with E-state index in [9.17, 15) is 9.36 Å². The SMILES string of the molecule is CCOP(=O)(OCC)[C@@H]1C[C@@H](C(=O)Nc2cccc(OC)c2)ON1C. The first-order valence-electron chi connectivity index (χ1n) is 8.16. The fourth-order valence-electron chi connectivity index (χ4n) is 2.63. The van der Waals surface area contributed by atoms with Crippen LogP contribution in [0.2, 0.25) is 0 Å². The van der Waals surface area contributed by atoms with Gasteiger partial charge < -0.3 is 19.1 Å². The number of ether oxygens (including phenoxy) is 1. The Balaban J connectivity index is 2.06. The van der Waals surface area contributed by atoms with Gasteiger partial charge in [-0.05, 0) is 26.0 Å². The van der Waals surface area contributed by atoms with Crippen LogP contribution in [0, 0.1) is 0 Å². The number of carbonyl (C=O) groups is 1. The lowest BCUT2D eigenvalue weighted by Gasteiger charge is -2.25. The van der Waals surface area contributed by atoms with Crippen molar-refractivity contribution in [1.82, 2.24) is 5.06 Å². The highest BCUT2D eigenvalue weighted by atomic mass is 31.2. The van der Waals surface area contributed by atoms with Crippen LogP contribution in [0.3, 0.4) is 0 Å². The quantitative estimate of drug-likeness (QED) is 0.702. The van der Waals surface area contributed by atoms with E-state index in [2.05, 4.69) is 5.32 Å². The van der Waals surface area contributed by atoms with Crippen LogP contribution in [0.4, 0.5) is 5.69 Å². The molecule has 1 aliphatic heterocycles. The first-order valence-corrected chi connectivity index (χ1v) is 9.78. The summed E-state index contributed by atoms with van der Waals surface area (Å²) in [5, 5.41) is 4.16. The normalized spacial score (nSPS) is 21.3. The van der Waals surface area contributed by atoms with Gasteiger partial charge in [-0.15, -0.1) is 0 Å². The Hall–Kier alpha value is -1.44. The van der Waals surface area contributed by atoms with Crippen molar-refractivity contribution >= 4 is 19.2 Å². The summed E-state index contributed by atoms with van der Waals surface area (Å²) in [7, 11) is -0.220. The van der Waals surface area contributed by atoms with Gasteiger partial charge in [0.05, 0.1) is 20.3 Å². The van der Waals surface area contributed by atoms with E-state index in [1.165, 1.54) is 5.06 Å². The van der Waals surface area contributed by atoms with Crippen molar-refractivity contribution in [1.29, 1.82) is 0 Å². The number of benzene rings is 1. The number of rotatable bonds is 8. The van der Waals surface area contributed by atoms with Crippen LogP contribution in [-0.4, -0.2) is 50.2 Å². The number of anilines is 1. The first-order chi connectivity index (χ1) is 11.9. The second-order valence-electron chi connectivity index (χ2n) is 5.45. The van der Waals surface area contributed by atoms with Crippen LogP contribution >= 0.6 is 7.60 Å². The molecule has 0 spiro atoms. The Morgan fingerprint density at radius 1 is 1.36 bits per heavy atom. The number of nitrogens with one attached hydrogen (secondary N) is 1. The standard InChI is InChI=1S/C16H25N2O6P/c1-5-22-25(20,23-6-2)15-11-14(24-18(15)3)16(19)17-12-8-7-9-13(10-12)21-4/h7-10,14-15H,5-6,11H2,1-4H3,(H,17,19)/t14-,15+/m0/s1. The van der Waals surface area contributed by atoms with Gasteiger partial charge in [0.25, 0.3) is 5.91 Å². The van der Waals surface area contributed by atoms with Crippen LogP contribution in [0.15, 0.2) is 24.3 Å². The van der Waals surface area contributed by atoms with E-state index >= 15 is 0 Å². The topological polar surface area (TPSA) is 86.3 Å². The summed E-state index contributed by atoms with van der Waals surface area (Å²) in [6, 6.07) is 7.02. The zero-order valence-corrected chi connectivity index (χ0v) is 15.8. The van der Waals surface area contributed by atoms with Gasteiger partial charge in [0.15, 0.2) is 6.10 Å². The van der Waals surface area contributed by atoms with Crippen molar-refractivity contribution in [2.24, 2.45) is 0 Å². The minimum absolute atomic E-state index is 0.212. The van der Waals surface area contributed by atoms with Crippen molar-refractivity contribution in [3.8, 4) is 5.75 Å². The maximum absolute atomic E-state index is 12.9. The number of carbonyl (C=O) groups excluding carboxylic acids is 1. The van der Waals surface area contributed by atoms with Crippen molar-refractivity contribution in [3.05, 3.63) is 24.3 Å². The molecule has 1 aromatic carbocycles. The molecule has 0 saturated carbocycles. The van der Waals surface area contributed by atoms with Crippen LogP contribution in [0.1, 0.15) is 20.3 Å². The number of methoxy groups -OCH3 is 1. The number of hydrogen-bond acceptors (Lipinski definition) is 7. The molecule has 0 radical (unpaired) electrons. The van der Waals surface area contributed by atoms with E-state index in [1.807, 2.05) is 0 Å². The number of amides is 1. The van der Waals surface area contributed by atoms with Crippen molar-refractivity contribution < 1.29 is 28.0 Å². The minimum atomic E-state index is -3.39. The largest absolute Gasteiger partial charge is 0.497 e. The van der Waals surface area contributed by atoms with Gasteiger partial charge in [-0.25, -0.2) is 0 Å². The molecule has 1 aromatic rings. The molecule has 1 N–H and O–H groups in total. The molecule has 140 valence electrons. The fourth-order valence-corrected chi connectivity index (χ4v) is 4.67. The van der Waals surface area contributed by atoms with Crippen molar-refractivity contribution in [2.45, 2.75) is 32.2 Å². The molecule has 2 atom stereocenters. The fraction of sp³-hybridized carbons (Fsp3) is 0.562. The molecule has 25 heavy (non-hydrogen) atoms. The average molecular weight is 372 g/mol. The van der Waals surface area contributed by atoms with E-state index in [-0.39, 0.29) is 25.5 Å². The molecule has 2 rings (SSSR count). The number of nitrogens with zero attached hydrogens (tertiary/aromatic N) is 1. The second kappa shape index (κ2) is 8.78. The molecule has 9 heteroatoms. The third kappa shape index (κ3) is 4.80. The Morgan fingerprint density at radius 3 is 2.64 bits per heavy atom. The van der Waals surface area contributed by atoms with Crippen molar-refractivity contribution in [2.75, 3.05) is 32.7 Å². The van der Waals surface area contributed by atoms with E-state index < -0.39 is 19.5 Å². The van der Waals surface area contributed by atoms with E-state index in [1.54, 1.807) is 52.3 Å². The zero-order valence-electron chi connectivity index (χ0n) is 14.9. The maximum Gasteiger partial charge on any atom is 0.350 e. The van der Waals surface area contributed by atoms with Crippen molar-refractivity contribution in [3.63, 3.8) is 0 Å². The summed E-state index contributed by atoms with van der Waals surface area (Å²) < 4.78 is 28.8. The van der Waals surface area contributed by atoms with Crippen LogP contribution in [-0.2, 0) is 23.2 Å². The Bertz CT molecular complexity index is 631. The van der Waals surface area contributed by atoms with Gasteiger partial charge in [-0.3, -0.25) is 14.2 Å². The lowest BCUT2D eigenvalue weighted by atomic mass is 10.2. The van der Waals surface area contributed by atoms with Crippen LogP contribution < -0.4 is 10.1 Å². The summed E-state index contributed by atoms with van der Waals surface area (Å²) in [6.07, 6.45) is -0.570. The van der Waals surface area contributed by atoms with Gasteiger partial charge in [0.1, 0.15) is 11.5 Å². The summed E-state index contributed by atoms with van der Waals surface area (Å²) in [6.45, 7) is 3.99. The van der Waals surface area contributed by atoms with Gasteiger partial charge in [-0.2, -0.15) is 5.06 Å². The lowest BCUT2D eigenvalue weighted by Crippen LogP contribution is -2.28. The zero-order chi connectivity index (χ0) is 18.4. The monoisotopic (exact) mass is 372 g/mol. The van der Waals surface area contributed by atoms with Crippen LogP contribution in [0.25, 0.3) is 0 Å². The molecule has 1 amide bonds. The maximum atomic E-state index is 12.9. The second-order valence-corrected chi connectivity index (χ2v) is 7.65. The van der Waals surface area contributed by atoms with E-state index in [4.69, 9.17) is 18.6 Å². The third-order valence-electron chi connectivity index (χ3n) is 3.75. The highest BCUT2D eigenvalue weighted by molar-refractivity contribution is 7.54. The third-order valence-corrected chi connectivity index (χ3v) is 6.25. The van der Waals surface area contributed by atoms with Gasteiger partial charge >= 0.3 is 7.60 Å². The van der Waals surface area contributed by atoms with E-state index in [0.29, 0.717) is 11.4 Å². The summed E-state index contributed by atoms with van der Waals surface area (Å²) in [5.41, 5.74) is 0.594. The summed E-state index contributed by atoms with van der Waals surface area (Å²) in [4.78, 5) is 18.0. The first kappa shape index (κ1) is 19.9. The highest BCUT2D eigenvalue weighted by Crippen LogP contribution is 2.57. The predicted octanol–water partition coefficient (Wildman–Crippen LogP) is 2.86. The summed E-state index contributed by atoms with van der Waals surface area (Å²) >= 11 is 0. The van der Waals surface area contributed by atoms with Crippen LogP contribution in [0.5, 0.6) is 5.75 Å². The summed E-state index contributed by atoms with van der Waals surface area (Å²) in [5.74, 6) is -0.326. The molecule has 8 nitrogen and oxygen atoms in total. The van der Waals surface area contributed by atoms with Gasteiger partial charge in [0.2, 0.25) is 0 Å². The number of hydroxylamine groups is 2. The molecule has 0 unspecified atom stereocenters. The molecule has 0 aromatic heterocycles. The molecule has 1 saturated heterocycles. The van der Waals surface area contributed by atoms with Gasteiger partial charge in [0, 0.05) is 25.2 Å². The Kier molecular flexibility index (Phi) is 6.98. The number of hydrogen-bond donors (Lipinski definition) is 1. The molecule has 1 aliphatic rings. The molecule has 0 bridgehead atoms.